The molecule has 0 aromatic heterocycles. The van der Waals surface area contributed by atoms with Gasteiger partial charge in [0.1, 0.15) is 11.0 Å². The normalized spacial score (nSPS) is 19.8. The van der Waals surface area contributed by atoms with Gasteiger partial charge in [0.25, 0.3) is 5.91 Å². The van der Waals surface area contributed by atoms with Crippen LogP contribution in [0.1, 0.15) is 77.7 Å². The van der Waals surface area contributed by atoms with Gasteiger partial charge in [-0.05, 0) is 55.5 Å². The topological polar surface area (TPSA) is 101 Å². The van der Waals surface area contributed by atoms with Crippen LogP contribution >= 0.6 is 0 Å². The third-order valence-corrected chi connectivity index (χ3v) is 13.1. The molecule has 0 N–H and O–H groups in total. The van der Waals surface area contributed by atoms with E-state index in [0.29, 0.717) is 52.0 Å². The number of hydrogen-bond donors (Lipinski definition) is 0. The summed E-state index contributed by atoms with van der Waals surface area (Å²) in [7, 11) is -8.08. The number of ether oxygens (including phenoxy) is 1. The highest BCUT2D eigenvalue weighted by Gasteiger charge is 2.47. The summed E-state index contributed by atoms with van der Waals surface area (Å²) in [6, 6.07) is 8.25. The second-order valence-corrected chi connectivity index (χ2v) is 16.3. The van der Waals surface area contributed by atoms with Crippen molar-refractivity contribution in [1.82, 2.24) is 9.80 Å². The van der Waals surface area contributed by atoms with Crippen LogP contribution < -0.4 is 4.74 Å². The van der Waals surface area contributed by atoms with E-state index in [2.05, 4.69) is 6.92 Å². The van der Waals surface area contributed by atoms with Crippen molar-refractivity contribution in [2.75, 3.05) is 45.1 Å². The molecular weight excluding hydrogens is 654 g/mol. The molecule has 1 aliphatic carbocycles. The van der Waals surface area contributed by atoms with Crippen molar-refractivity contribution in [1.29, 1.82) is 0 Å². The molecule has 3 aliphatic rings. The molecule has 2 aromatic rings. The molecule has 1 atom stereocenters. The first-order chi connectivity index (χ1) is 22.3. The Labute approximate surface area is 275 Å². The second kappa shape index (κ2) is 14.5. The summed E-state index contributed by atoms with van der Waals surface area (Å²) in [4.78, 5) is 17.5. The van der Waals surface area contributed by atoms with Crippen molar-refractivity contribution in [3.8, 4) is 5.75 Å². The molecular formula is C34H41F3N2O6S2. The molecule has 5 rings (SSSR count). The fraction of sp³-hybridized carbons (Fsp3) is 0.500. The van der Waals surface area contributed by atoms with E-state index in [0.717, 1.165) is 25.3 Å². The number of nitrogens with zero attached hydrogens (tertiary/aromatic N) is 2. The van der Waals surface area contributed by atoms with E-state index in [4.69, 9.17) is 4.74 Å². The van der Waals surface area contributed by atoms with Gasteiger partial charge in [0.2, 0.25) is 0 Å². The van der Waals surface area contributed by atoms with E-state index in [9.17, 15) is 34.8 Å². The van der Waals surface area contributed by atoms with Crippen LogP contribution in [0.4, 0.5) is 13.2 Å². The fourth-order valence-corrected chi connectivity index (χ4v) is 10.8. The lowest BCUT2D eigenvalue weighted by Crippen LogP contribution is -2.49. The van der Waals surface area contributed by atoms with Crippen molar-refractivity contribution >= 4 is 25.6 Å². The number of amides is 1. The third kappa shape index (κ3) is 7.78. The Morgan fingerprint density at radius 1 is 1.00 bits per heavy atom. The Morgan fingerprint density at radius 3 is 2.43 bits per heavy atom. The molecule has 0 radical (unpaired) electrons. The van der Waals surface area contributed by atoms with Crippen LogP contribution in [-0.4, -0.2) is 77.6 Å². The van der Waals surface area contributed by atoms with Crippen LogP contribution in [0.25, 0.3) is 0 Å². The molecule has 1 amide bonds. The van der Waals surface area contributed by atoms with Crippen LogP contribution in [0.3, 0.4) is 0 Å². The van der Waals surface area contributed by atoms with Gasteiger partial charge in [-0.15, -0.1) is 0 Å². The largest absolute Gasteiger partial charge is 0.492 e. The maximum atomic E-state index is 14.0. The monoisotopic (exact) mass is 694 g/mol. The molecule has 13 heteroatoms. The number of hydrogen-bond acceptors (Lipinski definition) is 7. The van der Waals surface area contributed by atoms with Gasteiger partial charge in [-0.3, -0.25) is 9.69 Å². The lowest BCUT2D eigenvalue weighted by atomic mass is 10.0. The van der Waals surface area contributed by atoms with Crippen LogP contribution in [0.15, 0.2) is 64.4 Å². The quantitative estimate of drug-likeness (QED) is 0.246. The Hall–Kier alpha value is -3.16. The van der Waals surface area contributed by atoms with Gasteiger partial charge in [-0.1, -0.05) is 56.5 Å². The minimum Gasteiger partial charge on any atom is -0.492 e. The van der Waals surface area contributed by atoms with Crippen molar-refractivity contribution in [2.45, 2.75) is 68.2 Å². The first-order valence-electron chi connectivity index (χ1n) is 16.1. The summed E-state index contributed by atoms with van der Waals surface area (Å²) in [5.74, 6) is -1.03. The Balaban J connectivity index is 1.38. The SMILES string of the molecule is CCCCCCOc1c(C(=O)N2CCN(CCc3ccccc3C(F)(F)F)CC2)ccc2c1C(S(=O)(=O)C1=CCCC=C1)CS2(=O)=O. The zero-order chi connectivity index (χ0) is 33.8. The highest BCUT2D eigenvalue weighted by molar-refractivity contribution is 7.98. The summed E-state index contributed by atoms with van der Waals surface area (Å²) in [5.41, 5.74) is -0.299. The van der Waals surface area contributed by atoms with Crippen LogP contribution in [0.2, 0.25) is 0 Å². The molecule has 0 spiro atoms. The third-order valence-electron chi connectivity index (χ3n) is 9.00. The molecule has 2 aromatic carbocycles. The number of fused-ring (bicyclic) bond motifs is 1. The van der Waals surface area contributed by atoms with Gasteiger partial charge < -0.3 is 9.64 Å². The Bertz CT molecular complexity index is 1750. The van der Waals surface area contributed by atoms with E-state index in [1.165, 1.54) is 30.3 Å². The lowest BCUT2D eigenvalue weighted by molar-refractivity contribution is -0.138. The minimum absolute atomic E-state index is 0.00484. The van der Waals surface area contributed by atoms with Crippen molar-refractivity contribution in [3.05, 3.63) is 81.8 Å². The van der Waals surface area contributed by atoms with Crippen molar-refractivity contribution in [2.24, 2.45) is 0 Å². The lowest BCUT2D eigenvalue weighted by Gasteiger charge is -2.35. The van der Waals surface area contributed by atoms with E-state index in [-0.39, 0.29) is 45.3 Å². The maximum absolute atomic E-state index is 14.0. The minimum atomic E-state index is -4.44. The van der Waals surface area contributed by atoms with Crippen molar-refractivity contribution in [3.63, 3.8) is 0 Å². The summed E-state index contributed by atoms with van der Waals surface area (Å²) in [6.07, 6.45) is 5.32. The number of carbonyl (C=O) groups is 1. The molecule has 2 heterocycles. The van der Waals surface area contributed by atoms with E-state index in [1.54, 1.807) is 23.1 Å². The second-order valence-electron chi connectivity index (χ2n) is 12.2. The van der Waals surface area contributed by atoms with Crippen molar-refractivity contribution < 1.29 is 39.5 Å². The highest BCUT2D eigenvalue weighted by Crippen LogP contribution is 2.48. The van der Waals surface area contributed by atoms with Crippen LogP contribution in [-0.2, 0) is 32.3 Å². The molecule has 256 valence electrons. The fourth-order valence-electron chi connectivity index (χ4n) is 6.40. The van der Waals surface area contributed by atoms with E-state index in [1.807, 2.05) is 4.90 Å². The number of piperazine rings is 1. The summed E-state index contributed by atoms with van der Waals surface area (Å²) >= 11 is 0. The van der Waals surface area contributed by atoms with Gasteiger partial charge in [0, 0.05) is 38.3 Å². The molecule has 1 saturated heterocycles. The molecule has 8 nitrogen and oxygen atoms in total. The first kappa shape index (κ1) is 35.2. The van der Waals surface area contributed by atoms with Gasteiger partial charge >= 0.3 is 6.18 Å². The van der Waals surface area contributed by atoms with Crippen LogP contribution in [0, 0.1) is 0 Å². The number of halogens is 3. The van der Waals surface area contributed by atoms with E-state index < -0.39 is 48.3 Å². The number of alkyl halides is 3. The zero-order valence-electron chi connectivity index (χ0n) is 26.5. The number of carbonyl (C=O) groups excluding carboxylic acids is 1. The summed E-state index contributed by atoms with van der Waals surface area (Å²) in [6.45, 7) is 4.11. The molecule has 1 fully saturated rings. The number of allylic oxidation sites excluding steroid dienone is 3. The maximum Gasteiger partial charge on any atom is 0.416 e. The number of benzene rings is 2. The van der Waals surface area contributed by atoms with Gasteiger partial charge in [0.05, 0.1) is 33.3 Å². The average molecular weight is 695 g/mol. The Kier molecular flexibility index (Phi) is 10.9. The van der Waals surface area contributed by atoms with Crippen LogP contribution in [0.5, 0.6) is 5.75 Å². The first-order valence-corrected chi connectivity index (χ1v) is 19.3. The average Bonchev–Trinajstić information content (AvgIpc) is 3.35. The highest BCUT2D eigenvalue weighted by atomic mass is 32.2. The molecule has 0 bridgehead atoms. The number of sulfone groups is 2. The number of rotatable bonds is 12. The summed E-state index contributed by atoms with van der Waals surface area (Å²) in [5, 5.41) is -1.41. The zero-order valence-corrected chi connectivity index (χ0v) is 28.1. The summed E-state index contributed by atoms with van der Waals surface area (Å²) < 4.78 is 101. The van der Waals surface area contributed by atoms with E-state index >= 15 is 0 Å². The molecule has 1 unspecified atom stereocenters. The van der Waals surface area contributed by atoms with Gasteiger partial charge in [0.15, 0.2) is 19.7 Å². The smallest absolute Gasteiger partial charge is 0.416 e. The van der Waals surface area contributed by atoms with Gasteiger partial charge in [-0.25, -0.2) is 16.8 Å². The molecule has 47 heavy (non-hydrogen) atoms. The standard InChI is InChI=1S/C34H41F3N2O6S2/c1-2-3-4-10-23-45-32-27(15-16-29-31(32)30(24-46(29,41)42)47(43,44)26-12-6-5-7-13-26)33(40)39-21-19-38(20-22-39)18-17-25-11-8-9-14-28(25)34(35,36)37/h6,8-9,11-16,30H,2-5,7,10,17-24H2,1H3. The Morgan fingerprint density at radius 2 is 1.74 bits per heavy atom. The molecule has 2 aliphatic heterocycles. The predicted molar refractivity (Wildman–Crippen MR) is 174 cm³/mol. The molecule has 0 saturated carbocycles. The predicted octanol–water partition coefficient (Wildman–Crippen LogP) is 6.14. The van der Waals surface area contributed by atoms with Gasteiger partial charge in [-0.2, -0.15) is 13.2 Å². The number of unbranched alkanes of at least 4 members (excludes halogenated alkanes) is 3.